The second-order valence-corrected chi connectivity index (χ2v) is 8.37. The number of benzene rings is 1. The lowest BCUT2D eigenvalue weighted by atomic mass is 10.1. The van der Waals surface area contributed by atoms with Crippen molar-refractivity contribution >= 4 is 40.1 Å². The molecule has 0 saturated heterocycles. The van der Waals surface area contributed by atoms with Gasteiger partial charge in [-0.15, -0.1) is 11.3 Å². The molecule has 2 heterocycles. The minimum absolute atomic E-state index is 0.0724. The van der Waals surface area contributed by atoms with Crippen molar-refractivity contribution in [3.8, 4) is 6.07 Å². The van der Waals surface area contributed by atoms with Gasteiger partial charge in [-0.1, -0.05) is 25.1 Å². The maximum atomic E-state index is 12.5. The zero-order valence-corrected chi connectivity index (χ0v) is 20.0. The fourth-order valence-electron chi connectivity index (χ4n) is 3.52. The van der Waals surface area contributed by atoms with Gasteiger partial charge in [0.05, 0.1) is 11.4 Å². The van der Waals surface area contributed by atoms with E-state index in [1.165, 1.54) is 23.2 Å². The lowest BCUT2D eigenvalue weighted by molar-refractivity contribution is -0.139. The summed E-state index contributed by atoms with van der Waals surface area (Å²) >= 11 is 1.28. The van der Waals surface area contributed by atoms with E-state index < -0.39 is 5.97 Å². The summed E-state index contributed by atoms with van der Waals surface area (Å²) in [5, 5.41) is 11.7. The number of esters is 1. The molecular formula is C25H26N4O3S. The van der Waals surface area contributed by atoms with Crippen LogP contribution in [0, 0.1) is 25.2 Å². The van der Waals surface area contributed by atoms with Crippen LogP contribution in [-0.2, 0) is 27.5 Å². The Morgan fingerprint density at radius 2 is 2.00 bits per heavy atom. The van der Waals surface area contributed by atoms with E-state index in [1.807, 2.05) is 56.3 Å². The molecule has 7 nitrogen and oxygen atoms in total. The maximum Gasteiger partial charge on any atom is 0.349 e. The highest BCUT2D eigenvalue weighted by atomic mass is 32.1. The van der Waals surface area contributed by atoms with Crippen molar-refractivity contribution in [3.05, 3.63) is 70.0 Å². The summed E-state index contributed by atoms with van der Waals surface area (Å²) in [7, 11) is 0. The summed E-state index contributed by atoms with van der Waals surface area (Å²) in [6.07, 6.45) is 2.56. The van der Waals surface area contributed by atoms with Crippen molar-refractivity contribution in [3.63, 3.8) is 0 Å². The molecule has 0 aliphatic heterocycles. The number of nitriles is 1. The largest absolute Gasteiger partial charge is 0.455 e. The van der Waals surface area contributed by atoms with Gasteiger partial charge in [-0.3, -0.25) is 9.69 Å². The molecule has 2 aromatic heterocycles. The van der Waals surface area contributed by atoms with Crippen LogP contribution in [0.2, 0.25) is 0 Å². The maximum absolute atomic E-state index is 12.5. The molecule has 3 rings (SSSR count). The number of para-hydroxylation sites is 1. The molecule has 0 aliphatic rings. The minimum Gasteiger partial charge on any atom is -0.455 e. The quantitative estimate of drug-likeness (QED) is 0.257. The lowest BCUT2D eigenvalue weighted by Gasteiger charge is -2.17. The molecular weight excluding hydrogens is 436 g/mol. The van der Waals surface area contributed by atoms with Gasteiger partial charge in [-0.25, -0.2) is 9.78 Å². The predicted molar refractivity (Wildman–Crippen MR) is 129 cm³/mol. The number of thiazole rings is 1. The van der Waals surface area contributed by atoms with Crippen molar-refractivity contribution in [1.29, 1.82) is 5.26 Å². The third kappa shape index (κ3) is 5.57. The molecule has 0 unspecified atom stereocenters. The van der Waals surface area contributed by atoms with Gasteiger partial charge in [0.15, 0.2) is 5.13 Å². The highest BCUT2D eigenvalue weighted by Gasteiger charge is 2.19. The molecule has 3 aromatic rings. The van der Waals surface area contributed by atoms with Crippen LogP contribution in [0.15, 0.2) is 47.4 Å². The molecule has 0 radical (unpaired) electrons. The summed E-state index contributed by atoms with van der Waals surface area (Å²) < 4.78 is 7.50. The zero-order valence-electron chi connectivity index (χ0n) is 19.2. The summed E-state index contributed by atoms with van der Waals surface area (Å²) in [5.41, 5.74) is 4.04. The third-order valence-corrected chi connectivity index (χ3v) is 5.99. The molecule has 0 saturated carbocycles. The first-order valence-corrected chi connectivity index (χ1v) is 11.5. The first-order valence-electron chi connectivity index (χ1n) is 10.6. The van der Waals surface area contributed by atoms with Crippen molar-refractivity contribution in [2.75, 3.05) is 4.90 Å². The van der Waals surface area contributed by atoms with Crippen molar-refractivity contribution in [1.82, 2.24) is 9.55 Å². The first kappa shape index (κ1) is 24.0. The standard InChI is InChI=1S/C25H26N4O3S/c1-5-11-28-17(2)12-20(18(28)3)13-21(14-26)24(31)32-15-22-16-33-25(27-22)29(19(4)30)23-9-7-6-8-10-23/h6-10,12-13,16H,5,11,15H2,1-4H3. The Balaban J connectivity index is 1.72. The molecule has 1 aromatic carbocycles. The van der Waals surface area contributed by atoms with E-state index in [0.29, 0.717) is 16.5 Å². The van der Waals surface area contributed by atoms with E-state index >= 15 is 0 Å². The van der Waals surface area contributed by atoms with Crippen LogP contribution in [-0.4, -0.2) is 21.4 Å². The number of hydrogen-bond acceptors (Lipinski definition) is 6. The van der Waals surface area contributed by atoms with Gasteiger partial charge >= 0.3 is 5.97 Å². The van der Waals surface area contributed by atoms with Crippen LogP contribution < -0.4 is 4.90 Å². The van der Waals surface area contributed by atoms with Crippen LogP contribution in [0.4, 0.5) is 10.8 Å². The molecule has 0 atom stereocenters. The Labute approximate surface area is 197 Å². The number of anilines is 2. The minimum atomic E-state index is -0.709. The van der Waals surface area contributed by atoms with Gasteiger partial charge in [-0.2, -0.15) is 5.26 Å². The highest BCUT2D eigenvalue weighted by molar-refractivity contribution is 7.14. The summed E-state index contributed by atoms with van der Waals surface area (Å²) in [6.45, 7) is 8.33. The van der Waals surface area contributed by atoms with Gasteiger partial charge in [0.25, 0.3) is 0 Å². The number of hydrogen-bond donors (Lipinski definition) is 0. The van der Waals surface area contributed by atoms with Gasteiger partial charge < -0.3 is 9.30 Å². The van der Waals surface area contributed by atoms with Crippen LogP contribution in [0.1, 0.15) is 42.9 Å². The van der Waals surface area contributed by atoms with E-state index in [0.717, 1.165) is 29.9 Å². The van der Waals surface area contributed by atoms with E-state index in [9.17, 15) is 14.9 Å². The molecule has 0 aliphatic carbocycles. The Kier molecular flexibility index (Phi) is 7.80. The average molecular weight is 463 g/mol. The summed E-state index contributed by atoms with van der Waals surface area (Å²) in [5.74, 6) is -0.881. The second-order valence-electron chi connectivity index (χ2n) is 7.54. The van der Waals surface area contributed by atoms with Crippen molar-refractivity contribution in [2.24, 2.45) is 0 Å². The number of amides is 1. The molecule has 0 spiro atoms. The van der Waals surface area contributed by atoms with E-state index in [4.69, 9.17) is 4.74 Å². The molecule has 0 fully saturated rings. The smallest absolute Gasteiger partial charge is 0.349 e. The molecule has 8 heteroatoms. The van der Waals surface area contributed by atoms with E-state index in [1.54, 1.807) is 11.5 Å². The second kappa shape index (κ2) is 10.7. The van der Waals surface area contributed by atoms with Gasteiger partial charge in [0, 0.05) is 30.2 Å². The topological polar surface area (TPSA) is 88.2 Å². The van der Waals surface area contributed by atoms with Crippen molar-refractivity contribution < 1.29 is 14.3 Å². The van der Waals surface area contributed by atoms with Crippen LogP contribution >= 0.6 is 11.3 Å². The number of nitrogens with zero attached hydrogens (tertiary/aromatic N) is 4. The Bertz CT molecular complexity index is 1220. The van der Waals surface area contributed by atoms with Gasteiger partial charge in [0.1, 0.15) is 18.2 Å². The number of carbonyl (C=O) groups is 2. The SMILES string of the molecule is CCCn1c(C)cc(C=C(C#N)C(=O)OCc2csc(N(C(C)=O)c3ccccc3)n2)c1C. The van der Waals surface area contributed by atoms with E-state index in [-0.39, 0.29) is 18.1 Å². The number of rotatable bonds is 8. The number of carbonyl (C=O) groups excluding carboxylic acids is 2. The Morgan fingerprint density at radius 3 is 2.64 bits per heavy atom. The van der Waals surface area contributed by atoms with Gasteiger partial charge in [0.2, 0.25) is 5.91 Å². The van der Waals surface area contributed by atoms with Crippen LogP contribution in [0.3, 0.4) is 0 Å². The van der Waals surface area contributed by atoms with E-state index in [2.05, 4.69) is 16.5 Å². The Hall–Kier alpha value is -3.70. The van der Waals surface area contributed by atoms with Crippen molar-refractivity contribution in [2.45, 2.75) is 47.3 Å². The predicted octanol–water partition coefficient (Wildman–Crippen LogP) is 5.31. The van der Waals surface area contributed by atoms with Gasteiger partial charge in [-0.05, 0) is 50.1 Å². The lowest BCUT2D eigenvalue weighted by Crippen LogP contribution is -2.22. The zero-order chi connectivity index (χ0) is 24.0. The third-order valence-electron chi connectivity index (χ3n) is 5.11. The fraction of sp³-hybridized carbons (Fsp3) is 0.280. The van der Waals surface area contributed by atoms with Crippen LogP contribution in [0.5, 0.6) is 0 Å². The molecule has 0 N–H and O–H groups in total. The normalized spacial score (nSPS) is 11.2. The molecule has 170 valence electrons. The number of aryl methyl sites for hydroxylation is 1. The summed E-state index contributed by atoms with van der Waals surface area (Å²) in [4.78, 5) is 30.7. The van der Waals surface area contributed by atoms with Crippen LogP contribution in [0.25, 0.3) is 6.08 Å². The first-order chi connectivity index (χ1) is 15.8. The highest BCUT2D eigenvalue weighted by Crippen LogP contribution is 2.29. The number of aromatic nitrogens is 2. The fourth-order valence-corrected chi connectivity index (χ4v) is 4.39. The Morgan fingerprint density at radius 1 is 1.27 bits per heavy atom. The average Bonchev–Trinajstić information content (AvgIpc) is 3.36. The molecule has 0 bridgehead atoms. The summed E-state index contributed by atoms with van der Waals surface area (Å²) in [6, 6.07) is 13.1. The monoisotopic (exact) mass is 462 g/mol. The molecule has 33 heavy (non-hydrogen) atoms. The molecule has 1 amide bonds. The number of ether oxygens (including phenoxy) is 1.